The fourth-order valence-electron chi connectivity index (χ4n) is 3.12. The van der Waals surface area contributed by atoms with Crippen molar-refractivity contribution in [2.75, 3.05) is 13.1 Å². The lowest BCUT2D eigenvalue weighted by Crippen LogP contribution is -2.54. The van der Waals surface area contributed by atoms with Crippen molar-refractivity contribution in [3.8, 4) is 0 Å². The van der Waals surface area contributed by atoms with Crippen LogP contribution >= 0.6 is 0 Å². The zero-order chi connectivity index (χ0) is 30.8. The van der Waals surface area contributed by atoms with Crippen molar-refractivity contribution in [3.05, 3.63) is 25.3 Å². The highest BCUT2D eigenvalue weighted by atomic mass is 16.2. The quantitative estimate of drug-likeness (QED) is 0.123. The summed E-state index contributed by atoms with van der Waals surface area (Å²) in [5.74, 6) is -3.76. The normalized spacial score (nSPS) is 13.6. The van der Waals surface area contributed by atoms with E-state index < -0.39 is 59.5 Å². The predicted octanol–water partition coefficient (Wildman–Crippen LogP) is 0.429. The van der Waals surface area contributed by atoms with Crippen molar-refractivity contribution in [3.63, 3.8) is 0 Å². The van der Waals surface area contributed by atoms with Gasteiger partial charge in [-0.3, -0.25) is 33.7 Å². The van der Waals surface area contributed by atoms with Gasteiger partial charge in [0.15, 0.2) is 5.78 Å². The lowest BCUT2D eigenvalue weighted by atomic mass is 9.84. The fraction of sp³-hybridized carbons (Fsp3) is 0.577. The first-order valence-corrected chi connectivity index (χ1v) is 12.6. The number of nitrogens with zero attached hydrogens (tertiary/aromatic N) is 1. The molecule has 13 nitrogen and oxygen atoms in total. The van der Waals surface area contributed by atoms with E-state index in [4.69, 9.17) is 11.5 Å². The number of imide groups is 1. The molecule has 1 rings (SSSR count). The van der Waals surface area contributed by atoms with Crippen molar-refractivity contribution < 1.29 is 33.6 Å². The first-order valence-electron chi connectivity index (χ1n) is 12.6. The van der Waals surface area contributed by atoms with E-state index in [0.717, 1.165) is 17.1 Å². The minimum Gasteiger partial charge on any atom is -0.370 e. The maximum absolute atomic E-state index is 12.9. The Labute approximate surface area is 230 Å². The third-order valence-corrected chi connectivity index (χ3v) is 4.86. The Morgan fingerprint density at radius 1 is 0.949 bits per heavy atom. The summed E-state index contributed by atoms with van der Waals surface area (Å²) < 4.78 is 0. The summed E-state index contributed by atoms with van der Waals surface area (Å²) in [5, 5.41) is 7.30. The van der Waals surface area contributed by atoms with Crippen LogP contribution in [-0.2, 0) is 28.8 Å². The van der Waals surface area contributed by atoms with Crippen LogP contribution in [0.25, 0.3) is 0 Å². The van der Waals surface area contributed by atoms with Gasteiger partial charge in [-0.15, -0.1) is 13.2 Å². The number of nitrogens with one attached hydrogen (secondary N) is 3. The number of Topliss-reactive ketones (excluding diaryl/α,β-unsaturated/α-hetero) is 1. The largest absolute Gasteiger partial charge is 0.370 e. The molecular weight excluding hydrogens is 508 g/mol. The molecule has 0 bridgehead atoms. The summed E-state index contributed by atoms with van der Waals surface area (Å²) in [4.78, 5) is 84.3. The molecule has 2 atom stereocenters. The van der Waals surface area contributed by atoms with E-state index in [0.29, 0.717) is 6.42 Å². The number of primary amides is 2. The number of ketones is 1. The molecule has 0 radical (unpaired) electrons. The first kappa shape index (κ1) is 37.1. The third-order valence-electron chi connectivity index (χ3n) is 4.86. The van der Waals surface area contributed by atoms with Crippen LogP contribution < -0.4 is 27.4 Å². The average Bonchev–Trinajstić information content (AvgIpc) is 3.16. The number of hydrogen-bond acceptors (Lipinski definition) is 7. The lowest BCUT2D eigenvalue weighted by molar-refractivity contribution is -0.137. The highest BCUT2D eigenvalue weighted by molar-refractivity contribution is 6.13. The Morgan fingerprint density at radius 2 is 1.46 bits per heavy atom. The van der Waals surface area contributed by atoms with E-state index >= 15 is 0 Å². The molecule has 220 valence electrons. The lowest BCUT2D eigenvalue weighted by Gasteiger charge is -2.27. The standard InChI is InChI=1S/C21H32N6O7.C3H8.C2H4/c1-21(2,3)18(32)12(5-4-9-24-20(23)34)26-19(33)13(11-14(22)28)25-15(29)8-10-27-16(30)6-7-17(27)31;1-3-2;1-2/h6-7,12-13H,4-5,8-11H2,1-3H3,(H2,22,28)(H,25,29)(H,26,33)(H3,23,24,34);3H2,1-2H3;1-2H2/t12-,13-;;/m0../s1. The SMILES string of the molecule is C=C.CC(C)(C)C(=O)[C@H](CCCNC(N)=O)NC(=O)[C@H](CC(N)=O)NC(=O)CCN1C(=O)C=CC1=O.CCC. The molecular formula is C26H44N6O7. The minimum atomic E-state index is -1.37. The van der Waals surface area contributed by atoms with E-state index in [-0.39, 0.29) is 31.7 Å². The van der Waals surface area contributed by atoms with Crippen molar-refractivity contribution in [2.24, 2.45) is 16.9 Å². The Morgan fingerprint density at radius 3 is 1.90 bits per heavy atom. The number of nitrogens with two attached hydrogens (primary N) is 2. The van der Waals surface area contributed by atoms with Gasteiger partial charge < -0.3 is 27.4 Å². The van der Waals surface area contributed by atoms with Crippen LogP contribution in [0.1, 0.15) is 66.7 Å². The number of rotatable bonds is 13. The molecule has 1 heterocycles. The van der Waals surface area contributed by atoms with Gasteiger partial charge in [-0.1, -0.05) is 41.0 Å². The van der Waals surface area contributed by atoms with Crippen molar-refractivity contribution in [1.82, 2.24) is 20.9 Å². The van der Waals surface area contributed by atoms with E-state index in [1.54, 1.807) is 20.8 Å². The van der Waals surface area contributed by atoms with Gasteiger partial charge in [0.25, 0.3) is 11.8 Å². The van der Waals surface area contributed by atoms with Crippen molar-refractivity contribution >= 4 is 41.4 Å². The highest BCUT2D eigenvalue weighted by Crippen LogP contribution is 2.19. The summed E-state index contributed by atoms with van der Waals surface area (Å²) in [7, 11) is 0. The Balaban J connectivity index is 0. The van der Waals surface area contributed by atoms with Gasteiger partial charge in [0.2, 0.25) is 17.7 Å². The third kappa shape index (κ3) is 15.7. The van der Waals surface area contributed by atoms with Gasteiger partial charge in [-0.25, -0.2) is 4.79 Å². The summed E-state index contributed by atoms with van der Waals surface area (Å²) in [6, 6.07) is -3.05. The van der Waals surface area contributed by atoms with Crippen molar-refractivity contribution in [2.45, 2.75) is 78.8 Å². The molecule has 13 heteroatoms. The Kier molecular flexibility index (Phi) is 18.2. The van der Waals surface area contributed by atoms with Gasteiger partial charge in [-0.2, -0.15) is 0 Å². The average molecular weight is 553 g/mol. The predicted molar refractivity (Wildman–Crippen MR) is 147 cm³/mol. The van der Waals surface area contributed by atoms with E-state index in [1.807, 2.05) is 0 Å². The molecule has 0 unspecified atom stereocenters. The second-order valence-corrected chi connectivity index (χ2v) is 9.52. The minimum absolute atomic E-state index is 0.172. The van der Waals surface area contributed by atoms with Crippen LogP contribution in [0.2, 0.25) is 0 Å². The molecule has 7 N–H and O–H groups in total. The highest BCUT2D eigenvalue weighted by Gasteiger charge is 2.33. The van der Waals surface area contributed by atoms with Crippen LogP contribution in [0.4, 0.5) is 4.79 Å². The van der Waals surface area contributed by atoms with Crippen LogP contribution in [0.5, 0.6) is 0 Å². The van der Waals surface area contributed by atoms with Crippen LogP contribution in [-0.4, -0.2) is 71.4 Å². The molecule has 0 saturated heterocycles. The number of hydrogen-bond donors (Lipinski definition) is 5. The number of carbonyl (C=O) groups is 7. The first-order chi connectivity index (χ1) is 18.1. The smallest absolute Gasteiger partial charge is 0.312 e. The topological polar surface area (TPSA) is 211 Å². The fourth-order valence-corrected chi connectivity index (χ4v) is 3.12. The molecule has 0 saturated carbocycles. The molecule has 0 aromatic rings. The molecule has 0 aromatic carbocycles. The molecule has 1 aliphatic heterocycles. The second kappa shape index (κ2) is 19.1. The Bertz CT molecular complexity index is 893. The summed E-state index contributed by atoms with van der Waals surface area (Å²) >= 11 is 0. The van der Waals surface area contributed by atoms with Crippen LogP contribution in [0, 0.1) is 5.41 Å². The van der Waals surface area contributed by atoms with E-state index in [9.17, 15) is 33.6 Å². The van der Waals surface area contributed by atoms with E-state index in [1.165, 1.54) is 6.42 Å². The molecule has 0 fully saturated rings. The molecule has 0 aliphatic carbocycles. The summed E-state index contributed by atoms with van der Waals surface area (Å²) in [5.41, 5.74) is 9.42. The number of urea groups is 1. The van der Waals surface area contributed by atoms with Gasteiger partial charge in [-0.05, 0) is 12.8 Å². The van der Waals surface area contributed by atoms with Gasteiger partial charge in [0, 0.05) is 37.1 Å². The van der Waals surface area contributed by atoms with Crippen LogP contribution in [0.3, 0.4) is 0 Å². The Hall–Kier alpha value is -4.03. The monoisotopic (exact) mass is 552 g/mol. The van der Waals surface area contributed by atoms with Gasteiger partial charge in [0.05, 0.1) is 12.5 Å². The summed E-state index contributed by atoms with van der Waals surface area (Å²) in [6.07, 6.45) is 3.08. The van der Waals surface area contributed by atoms with Crippen molar-refractivity contribution in [1.29, 1.82) is 0 Å². The molecule has 1 aliphatic rings. The molecule has 39 heavy (non-hydrogen) atoms. The molecule has 0 aromatic heterocycles. The van der Waals surface area contributed by atoms with Gasteiger partial charge in [0.1, 0.15) is 6.04 Å². The summed E-state index contributed by atoms with van der Waals surface area (Å²) in [6.45, 7) is 15.3. The zero-order valence-corrected chi connectivity index (χ0v) is 23.6. The molecule has 0 spiro atoms. The van der Waals surface area contributed by atoms with E-state index in [2.05, 4.69) is 43.0 Å². The second-order valence-electron chi connectivity index (χ2n) is 9.52. The zero-order valence-electron chi connectivity index (χ0n) is 23.6. The maximum Gasteiger partial charge on any atom is 0.312 e. The van der Waals surface area contributed by atoms with Crippen LogP contribution in [0.15, 0.2) is 25.3 Å². The number of amides is 7. The maximum atomic E-state index is 12.9. The number of carbonyl (C=O) groups excluding carboxylic acids is 7. The molecule has 7 amide bonds. The van der Waals surface area contributed by atoms with Gasteiger partial charge >= 0.3 is 6.03 Å².